The van der Waals surface area contributed by atoms with Crippen LogP contribution in [0.2, 0.25) is 0 Å². The fraction of sp³-hybridized carbons (Fsp3) is 0.455. The summed E-state index contributed by atoms with van der Waals surface area (Å²) in [5, 5.41) is -0.151. The highest BCUT2D eigenvalue weighted by Gasteiger charge is 2.23. The summed E-state index contributed by atoms with van der Waals surface area (Å²) in [7, 11) is 0. The number of nitrogens with zero attached hydrogens (tertiary/aromatic N) is 1. The first-order valence-electron chi connectivity index (χ1n) is 5.08. The minimum absolute atomic E-state index is 0.159. The number of aryl methyl sites for hydroxylation is 2. The number of pyridine rings is 1. The van der Waals surface area contributed by atoms with Gasteiger partial charge >= 0.3 is 0 Å². The molecule has 0 spiro atoms. The van der Waals surface area contributed by atoms with E-state index in [4.69, 9.17) is 5.73 Å². The molecular formula is C11H14N2OS. The van der Waals surface area contributed by atoms with Gasteiger partial charge in [-0.3, -0.25) is 9.78 Å². The van der Waals surface area contributed by atoms with Gasteiger partial charge in [0.2, 0.25) is 0 Å². The van der Waals surface area contributed by atoms with Crippen LogP contribution in [-0.2, 0) is 6.42 Å². The predicted molar refractivity (Wildman–Crippen MR) is 61.8 cm³/mol. The number of amides is 1. The van der Waals surface area contributed by atoms with E-state index >= 15 is 0 Å². The van der Waals surface area contributed by atoms with E-state index in [1.165, 1.54) is 22.9 Å². The minimum atomic E-state index is -0.310. The summed E-state index contributed by atoms with van der Waals surface area (Å²) in [6.45, 7) is 2.04. The highest BCUT2D eigenvalue weighted by Crippen LogP contribution is 2.38. The van der Waals surface area contributed by atoms with Crippen molar-refractivity contribution in [3.8, 4) is 0 Å². The summed E-state index contributed by atoms with van der Waals surface area (Å²) in [6.07, 6.45) is 5.04. The molecule has 1 amide bonds. The van der Waals surface area contributed by atoms with E-state index in [-0.39, 0.29) is 10.5 Å². The monoisotopic (exact) mass is 222 g/mol. The average molecular weight is 222 g/mol. The number of hydrogen-bond donors (Lipinski definition) is 1. The fourth-order valence-electron chi connectivity index (χ4n) is 2.00. The zero-order valence-electron chi connectivity index (χ0n) is 8.69. The zero-order chi connectivity index (χ0) is 10.8. The van der Waals surface area contributed by atoms with E-state index in [9.17, 15) is 4.79 Å². The lowest BCUT2D eigenvalue weighted by Gasteiger charge is -2.22. The molecule has 0 radical (unpaired) electrons. The highest BCUT2D eigenvalue weighted by molar-refractivity contribution is 8.13. The van der Waals surface area contributed by atoms with E-state index < -0.39 is 0 Å². The summed E-state index contributed by atoms with van der Waals surface area (Å²) in [5.74, 6) is 0. The number of primary amides is 1. The Morgan fingerprint density at radius 1 is 1.67 bits per heavy atom. The average Bonchev–Trinajstić information content (AvgIpc) is 2.16. The van der Waals surface area contributed by atoms with Crippen LogP contribution in [0.25, 0.3) is 0 Å². The maximum atomic E-state index is 10.9. The van der Waals surface area contributed by atoms with Gasteiger partial charge in [0.1, 0.15) is 0 Å². The van der Waals surface area contributed by atoms with Crippen molar-refractivity contribution in [2.45, 2.75) is 31.4 Å². The molecule has 1 heterocycles. The second kappa shape index (κ2) is 4.23. The molecular weight excluding hydrogens is 208 g/mol. The smallest absolute Gasteiger partial charge is 0.277 e. The molecule has 1 aromatic rings. The van der Waals surface area contributed by atoms with E-state index in [1.54, 1.807) is 0 Å². The van der Waals surface area contributed by atoms with Gasteiger partial charge in [0, 0.05) is 6.20 Å². The number of carbonyl (C=O) groups excluding carboxylic acids is 1. The van der Waals surface area contributed by atoms with Crippen molar-refractivity contribution in [1.82, 2.24) is 4.98 Å². The number of fused-ring (bicyclic) bond motifs is 1. The SMILES string of the molecule is Cc1cnc2c(c1)CCCC2SC(N)=O. The van der Waals surface area contributed by atoms with Gasteiger partial charge in [0.25, 0.3) is 5.24 Å². The van der Waals surface area contributed by atoms with Crippen LogP contribution in [0.15, 0.2) is 12.3 Å². The zero-order valence-corrected chi connectivity index (χ0v) is 9.51. The summed E-state index contributed by atoms with van der Waals surface area (Å²) in [5.41, 5.74) is 8.72. The van der Waals surface area contributed by atoms with E-state index in [2.05, 4.69) is 11.1 Å². The number of nitrogens with two attached hydrogens (primary N) is 1. The standard InChI is InChI=1S/C11H14N2OS/c1-7-5-8-3-2-4-9(15-11(12)14)10(8)13-6-7/h5-6,9H,2-4H2,1H3,(H2,12,14). The van der Waals surface area contributed by atoms with Crippen molar-refractivity contribution in [1.29, 1.82) is 0 Å². The van der Waals surface area contributed by atoms with E-state index in [0.29, 0.717) is 0 Å². The van der Waals surface area contributed by atoms with Crippen molar-refractivity contribution in [3.05, 3.63) is 29.1 Å². The lowest BCUT2D eigenvalue weighted by Crippen LogP contribution is -2.14. The van der Waals surface area contributed by atoms with Gasteiger partial charge in [0.05, 0.1) is 10.9 Å². The molecule has 2 rings (SSSR count). The normalized spacial score (nSPS) is 19.7. The number of carbonyl (C=O) groups is 1. The van der Waals surface area contributed by atoms with Gasteiger partial charge in [-0.2, -0.15) is 0 Å². The molecule has 1 atom stereocenters. The summed E-state index contributed by atoms with van der Waals surface area (Å²) < 4.78 is 0. The Bertz CT molecular complexity index is 392. The molecule has 3 nitrogen and oxygen atoms in total. The predicted octanol–water partition coefficient (Wildman–Crippen LogP) is 2.58. The summed E-state index contributed by atoms with van der Waals surface area (Å²) >= 11 is 1.20. The van der Waals surface area contributed by atoms with Gasteiger partial charge in [0.15, 0.2) is 0 Å². The third-order valence-corrected chi connectivity index (χ3v) is 3.59. The van der Waals surface area contributed by atoms with Crippen molar-refractivity contribution >= 4 is 17.0 Å². The first kappa shape index (κ1) is 10.5. The summed E-state index contributed by atoms with van der Waals surface area (Å²) in [6, 6.07) is 2.16. The first-order valence-corrected chi connectivity index (χ1v) is 5.96. The highest BCUT2D eigenvalue weighted by atomic mass is 32.2. The van der Waals surface area contributed by atoms with Crippen LogP contribution in [0.3, 0.4) is 0 Å². The molecule has 4 heteroatoms. The molecule has 0 saturated heterocycles. The molecule has 1 unspecified atom stereocenters. The van der Waals surface area contributed by atoms with Crippen LogP contribution in [-0.4, -0.2) is 10.2 Å². The van der Waals surface area contributed by atoms with Crippen LogP contribution in [0.5, 0.6) is 0 Å². The molecule has 0 saturated carbocycles. The van der Waals surface area contributed by atoms with Crippen molar-refractivity contribution in [2.24, 2.45) is 5.73 Å². The minimum Gasteiger partial charge on any atom is -0.360 e. The third-order valence-electron chi connectivity index (χ3n) is 2.61. The quantitative estimate of drug-likeness (QED) is 0.794. The van der Waals surface area contributed by atoms with Crippen LogP contribution >= 0.6 is 11.8 Å². The Morgan fingerprint density at radius 3 is 3.20 bits per heavy atom. The van der Waals surface area contributed by atoms with Gasteiger partial charge in [-0.05, 0) is 37.3 Å². The number of aromatic nitrogens is 1. The van der Waals surface area contributed by atoms with E-state index in [1.807, 2.05) is 13.1 Å². The molecule has 0 fully saturated rings. The lowest BCUT2D eigenvalue weighted by molar-refractivity contribution is 0.267. The van der Waals surface area contributed by atoms with Crippen molar-refractivity contribution in [2.75, 3.05) is 0 Å². The van der Waals surface area contributed by atoms with Gasteiger partial charge in [-0.25, -0.2) is 0 Å². The number of hydrogen-bond acceptors (Lipinski definition) is 3. The molecule has 0 aliphatic heterocycles. The molecule has 1 aliphatic rings. The molecule has 15 heavy (non-hydrogen) atoms. The van der Waals surface area contributed by atoms with E-state index in [0.717, 1.165) is 25.0 Å². The second-order valence-corrected chi connectivity index (χ2v) is 5.08. The number of rotatable bonds is 1. The molecule has 80 valence electrons. The van der Waals surface area contributed by atoms with Crippen molar-refractivity contribution < 1.29 is 4.79 Å². The summed E-state index contributed by atoms with van der Waals surface area (Å²) in [4.78, 5) is 15.3. The maximum Gasteiger partial charge on any atom is 0.277 e. The maximum absolute atomic E-state index is 10.9. The Balaban J connectivity index is 2.30. The van der Waals surface area contributed by atoms with Crippen molar-refractivity contribution in [3.63, 3.8) is 0 Å². The lowest BCUT2D eigenvalue weighted by atomic mass is 9.95. The van der Waals surface area contributed by atoms with Gasteiger partial charge < -0.3 is 5.73 Å². The van der Waals surface area contributed by atoms with Gasteiger partial charge in [-0.1, -0.05) is 17.8 Å². The first-order chi connectivity index (χ1) is 7.16. The van der Waals surface area contributed by atoms with Crippen LogP contribution in [0.1, 0.15) is 34.9 Å². The van der Waals surface area contributed by atoms with Crippen LogP contribution in [0, 0.1) is 6.92 Å². The Kier molecular flexibility index (Phi) is 2.95. The molecule has 1 aliphatic carbocycles. The Morgan fingerprint density at radius 2 is 2.47 bits per heavy atom. The number of thioether (sulfide) groups is 1. The fourth-order valence-corrected chi connectivity index (χ4v) is 2.89. The Labute approximate surface area is 93.5 Å². The topological polar surface area (TPSA) is 56.0 Å². The van der Waals surface area contributed by atoms with Gasteiger partial charge in [-0.15, -0.1) is 0 Å². The molecule has 0 aromatic carbocycles. The molecule has 0 bridgehead atoms. The Hall–Kier alpha value is -1.03. The van der Waals surface area contributed by atoms with Crippen LogP contribution in [0.4, 0.5) is 4.79 Å². The molecule has 2 N–H and O–H groups in total. The van der Waals surface area contributed by atoms with Crippen LogP contribution < -0.4 is 5.73 Å². The molecule has 1 aromatic heterocycles. The largest absolute Gasteiger partial charge is 0.360 e. The second-order valence-electron chi connectivity index (χ2n) is 3.87. The third kappa shape index (κ3) is 2.31.